The van der Waals surface area contributed by atoms with Gasteiger partial charge in [-0.2, -0.15) is 5.10 Å². The molecule has 0 atom stereocenters. The van der Waals surface area contributed by atoms with Crippen molar-refractivity contribution in [3.8, 4) is 5.69 Å². The van der Waals surface area contributed by atoms with Crippen LogP contribution in [0.2, 0.25) is 0 Å². The lowest BCUT2D eigenvalue weighted by Crippen LogP contribution is -2.22. The third-order valence-electron chi connectivity index (χ3n) is 4.68. The summed E-state index contributed by atoms with van der Waals surface area (Å²) in [5.74, 6) is -0.233. The average Bonchev–Trinajstić information content (AvgIpc) is 2.97. The SMILES string of the molecule is Cc1nn(-c2ccccc2)c(C)c1CC(=O)Nc1cccc(S(=O)(=O)N(C)C)c1. The van der Waals surface area contributed by atoms with Crippen LogP contribution in [0.4, 0.5) is 5.69 Å². The number of hydrogen-bond donors (Lipinski definition) is 1. The molecule has 152 valence electrons. The van der Waals surface area contributed by atoms with E-state index in [4.69, 9.17) is 0 Å². The Morgan fingerprint density at radius 3 is 2.41 bits per heavy atom. The fraction of sp³-hybridized carbons (Fsp3) is 0.238. The molecule has 3 rings (SSSR count). The van der Waals surface area contributed by atoms with E-state index >= 15 is 0 Å². The monoisotopic (exact) mass is 412 g/mol. The molecular formula is C21H24N4O3S. The third-order valence-corrected chi connectivity index (χ3v) is 6.49. The van der Waals surface area contributed by atoms with E-state index in [-0.39, 0.29) is 17.2 Å². The molecule has 29 heavy (non-hydrogen) atoms. The topological polar surface area (TPSA) is 84.3 Å². The van der Waals surface area contributed by atoms with Crippen LogP contribution >= 0.6 is 0 Å². The number of para-hydroxylation sites is 1. The maximum Gasteiger partial charge on any atom is 0.242 e. The van der Waals surface area contributed by atoms with Crippen molar-refractivity contribution in [1.29, 1.82) is 0 Å². The van der Waals surface area contributed by atoms with Crippen molar-refractivity contribution in [3.05, 3.63) is 71.5 Å². The lowest BCUT2D eigenvalue weighted by Gasteiger charge is -2.13. The number of amides is 1. The van der Waals surface area contributed by atoms with Gasteiger partial charge >= 0.3 is 0 Å². The molecule has 0 aliphatic carbocycles. The predicted molar refractivity (Wildman–Crippen MR) is 113 cm³/mol. The van der Waals surface area contributed by atoms with Gasteiger partial charge in [0.15, 0.2) is 0 Å². The van der Waals surface area contributed by atoms with Crippen molar-refractivity contribution in [2.24, 2.45) is 0 Å². The van der Waals surface area contributed by atoms with Gasteiger partial charge in [-0.25, -0.2) is 17.4 Å². The molecule has 3 aromatic rings. The summed E-state index contributed by atoms with van der Waals surface area (Å²) in [6, 6.07) is 16.0. The zero-order chi connectivity index (χ0) is 21.2. The van der Waals surface area contributed by atoms with Crippen LogP contribution in [0.5, 0.6) is 0 Å². The minimum atomic E-state index is -3.57. The molecule has 7 nitrogen and oxygen atoms in total. The van der Waals surface area contributed by atoms with Crippen molar-refractivity contribution in [2.75, 3.05) is 19.4 Å². The molecule has 0 spiro atoms. The second-order valence-electron chi connectivity index (χ2n) is 6.94. The molecule has 0 unspecified atom stereocenters. The summed E-state index contributed by atoms with van der Waals surface area (Å²) in [4.78, 5) is 12.7. The van der Waals surface area contributed by atoms with E-state index in [0.717, 1.165) is 26.9 Å². The molecule has 8 heteroatoms. The van der Waals surface area contributed by atoms with Crippen molar-refractivity contribution in [2.45, 2.75) is 25.2 Å². The second-order valence-corrected chi connectivity index (χ2v) is 9.09. The number of hydrogen-bond acceptors (Lipinski definition) is 4. The minimum Gasteiger partial charge on any atom is -0.326 e. The molecule has 0 fully saturated rings. The summed E-state index contributed by atoms with van der Waals surface area (Å²) in [6.07, 6.45) is 0.148. The Kier molecular flexibility index (Phi) is 5.86. The number of nitrogens with one attached hydrogen (secondary N) is 1. The zero-order valence-corrected chi connectivity index (χ0v) is 17.7. The predicted octanol–water partition coefficient (Wildman–Crippen LogP) is 2.92. The van der Waals surface area contributed by atoms with Crippen LogP contribution in [0, 0.1) is 13.8 Å². The van der Waals surface area contributed by atoms with E-state index in [0.29, 0.717) is 5.69 Å². The normalized spacial score (nSPS) is 11.6. The zero-order valence-electron chi connectivity index (χ0n) is 16.9. The van der Waals surface area contributed by atoms with Gasteiger partial charge in [0.25, 0.3) is 0 Å². The standard InChI is InChI=1S/C21H24N4O3S/c1-15-20(16(2)25(23-15)18-10-6-5-7-11-18)14-21(26)22-17-9-8-12-19(13-17)29(27,28)24(3)4/h5-13H,14H2,1-4H3,(H,22,26). The number of benzene rings is 2. The number of nitrogens with zero attached hydrogens (tertiary/aromatic N) is 3. The van der Waals surface area contributed by atoms with Crippen molar-refractivity contribution >= 4 is 21.6 Å². The van der Waals surface area contributed by atoms with E-state index in [2.05, 4.69) is 10.4 Å². The van der Waals surface area contributed by atoms with E-state index < -0.39 is 10.0 Å². The third kappa shape index (κ3) is 4.38. The van der Waals surface area contributed by atoms with Crippen molar-refractivity contribution in [1.82, 2.24) is 14.1 Å². The first kappa shape index (κ1) is 20.8. The minimum absolute atomic E-state index is 0.129. The van der Waals surface area contributed by atoms with Gasteiger partial charge in [-0.3, -0.25) is 4.79 Å². The van der Waals surface area contributed by atoms with Gasteiger partial charge in [-0.1, -0.05) is 24.3 Å². The lowest BCUT2D eigenvalue weighted by atomic mass is 10.1. The number of aromatic nitrogens is 2. The number of carbonyl (C=O) groups excluding carboxylic acids is 1. The molecule has 0 radical (unpaired) electrons. The fourth-order valence-electron chi connectivity index (χ4n) is 3.06. The maximum absolute atomic E-state index is 12.6. The molecule has 0 aliphatic heterocycles. The van der Waals surface area contributed by atoms with Crippen LogP contribution in [-0.2, 0) is 21.2 Å². The Bertz CT molecular complexity index is 1140. The van der Waals surface area contributed by atoms with Crippen molar-refractivity contribution in [3.63, 3.8) is 0 Å². The molecule has 1 aromatic heterocycles. The second kappa shape index (κ2) is 8.18. The van der Waals surface area contributed by atoms with E-state index in [1.807, 2.05) is 48.9 Å². The number of rotatable bonds is 6. The Hall–Kier alpha value is -2.97. The first-order valence-electron chi connectivity index (χ1n) is 9.13. The molecule has 0 bridgehead atoms. The van der Waals surface area contributed by atoms with Gasteiger partial charge in [0.05, 0.1) is 22.7 Å². The van der Waals surface area contributed by atoms with Gasteiger partial charge in [0.2, 0.25) is 15.9 Å². The summed E-state index contributed by atoms with van der Waals surface area (Å²) >= 11 is 0. The highest BCUT2D eigenvalue weighted by Crippen LogP contribution is 2.21. The summed E-state index contributed by atoms with van der Waals surface area (Å²) in [6.45, 7) is 3.80. The van der Waals surface area contributed by atoms with Gasteiger partial charge in [0.1, 0.15) is 0 Å². The van der Waals surface area contributed by atoms with Crippen LogP contribution in [0.1, 0.15) is 17.0 Å². The van der Waals surface area contributed by atoms with E-state index in [1.165, 1.54) is 26.2 Å². The lowest BCUT2D eigenvalue weighted by molar-refractivity contribution is -0.115. The largest absolute Gasteiger partial charge is 0.326 e. The Labute approximate surface area is 171 Å². The summed E-state index contributed by atoms with van der Waals surface area (Å²) < 4.78 is 27.5. The van der Waals surface area contributed by atoms with Crippen LogP contribution in [0.25, 0.3) is 5.69 Å². The van der Waals surface area contributed by atoms with Gasteiger partial charge < -0.3 is 5.32 Å². The van der Waals surface area contributed by atoms with Crippen molar-refractivity contribution < 1.29 is 13.2 Å². The average molecular weight is 413 g/mol. The van der Waals surface area contributed by atoms with Crippen LogP contribution in [-0.4, -0.2) is 42.5 Å². The van der Waals surface area contributed by atoms with Gasteiger partial charge in [-0.15, -0.1) is 0 Å². The molecule has 0 saturated heterocycles. The molecule has 0 saturated carbocycles. The summed E-state index contributed by atoms with van der Waals surface area (Å²) in [5.41, 5.74) is 3.90. The molecular weight excluding hydrogens is 388 g/mol. The number of carbonyl (C=O) groups is 1. The van der Waals surface area contributed by atoms with E-state index in [1.54, 1.807) is 12.1 Å². The smallest absolute Gasteiger partial charge is 0.242 e. The Morgan fingerprint density at radius 2 is 1.76 bits per heavy atom. The Balaban J connectivity index is 1.80. The highest BCUT2D eigenvalue weighted by atomic mass is 32.2. The summed E-state index contributed by atoms with van der Waals surface area (Å²) in [5, 5.41) is 7.34. The molecule has 1 amide bonds. The van der Waals surface area contributed by atoms with Gasteiger partial charge in [-0.05, 0) is 44.2 Å². The first-order chi connectivity index (χ1) is 13.7. The maximum atomic E-state index is 12.6. The van der Waals surface area contributed by atoms with Crippen LogP contribution in [0.3, 0.4) is 0 Å². The van der Waals surface area contributed by atoms with Gasteiger partial charge in [0, 0.05) is 31.0 Å². The molecule has 1 N–H and O–H groups in total. The highest BCUT2D eigenvalue weighted by Gasteiger charge is 2.19. The fourth-order valence-corrected chi connectivity index (χ4v) is 4.01. The number of sulfonamides is 1. The first-order valence-corrected chi connectivity index (χ1v) is 10.6. The summed E-state index contributed by atoms with van der Waals surface area (Å²) in [7, 11) is -0.629. The van der Waals surface area contributed by atoms with Crippen LogP contribution in [0.15, 0.2) is 59.5 Å². The molecule has 1 heterocycles. The molecule has 2 aromatic carbocycles. The van der Waals surface area contributed by atoms with Crippen LogP contribution < -0.4 is 5.32 Å². The quantitative estimate of drug-likeness (QED) is 0.675. The Morgan fingerprint density at radius 1 is 1.07 bits per heavy atom. The molecule has 0 aliphatic rings. The highest BCUT2D eigenvalue weighted by molar-refractivity contribution is 7.89. The van der Waals surface area contributed by atoms with E-state index in [9.17, 15) is 13.2 Å². The number of aryl methyl sites for hydroxylation is 1. The number of anilines is 1.